The molecule has 3 nitrogen and oxygen atoms in total. The number of nitrogens with zero attached hydrogens (tertiary/aromatic N) is 1. The van der Waals surface area contributed by atoms with E-state index in [2.05, 4.69) is 13.8 Å². The number of hydrogen-bond acceptors (Lipinski definition) is 3. The van der Waals surface area contributed by atoms with Crippen molar-refractivity contribution in [2.24, 2.45) is 5.92 Å². The first-order valence-corrected chi connectivity index (χ1v) is 6.07. The Hall–Kier alpha value is -0.120. The van der Waals surface area contributed by atoms with E-state index >= 15 is 0 Å². The van der Waals surface area contributed by atoms with Crippen molar-refractivity contribution in [2.75, 3.05) is 0 Å². The molecule has 0 aromatic heterocycles. The van der Waals surface area contributed by atoms with Gasteiger partial charge in [-0.05, 0) is 51.9 Å². The molecule has 0 aromatic carbocycles. The molecule has 0 spiro atoms. The van der Waals surface area contributed by atoms with E-state index in [9.17, 15) is 10.3 Å². The first kappa shape index (κ1) is 11.4. The van der Waals surface area contributed by atoms with Gasteiger partial charge in [0, 0.05) is 11.6 Å². The van der Waals surface area contributed by atoms with E-state index in [1.165, 1.54) is 5.06 Å². The van der Waals surface area contributed by atoms with E-state index < -0.39 is 5.60 Å². The Morgan fingerprint density at radius 3 is 2.53 bits per heavy atom. The van der Waals surface area contributed by atoms with Crippen molar-refractivity contribution in [3.05, 3.63) is 0 Å². The Morgan fingerprint density at radius 2 is 1.93 bits per heavy atom. The molecule has 4 atom stereocenters. The summed E-state index contributed by atoms with van der Waals surface area (Å²) in [6.45, 7) is 6.16. The molecule has 2 N–H and O–H groups in total. The van der Waals surface area contributed by atoms with Gasteiger partial charge in [-0.2, -0.15) is 5.06 Å². The SMILES string of the molecule is CCC1(C)CC2CC(CC(C)(O)C2)N1O. The first-order valence-electron chi connectivity index (χ1n) is 6.07. The van der Waals surface area contributed by atoms with Crippen molar-refractivity contribution >= 4 is 0 Å². The number of piperidine rings is 1. The van der Waals surface area contributed by atoms with Gasteiger partial charge in [0.15, 0.2) is 0 Å². The Bertz CT molecular complexity index is 254. The third kappa shape index (κ3) is 1.93. The van der Waals surface area contributed by atoms with Crippen LogP contribution in [0.3, 0.4) is 0 Å². The van der Waals surface area contributed by atoms with E-state index in [-0.39, 0.29) is 11.6 Å². The second-order valence-electron chi connectivity index (χ2n) is 6.06. The maximum Gasteiger partial charge on any atom is 0.0638 e. The van der Waals surface area contributed by atoms with Crippen LogP contribution in [-0.4, -0.2) is 32.6 Å². The van der Waals surface area contributed by atoms with Gasteiger partial charge in [-0.15, -0.1) is 0 Å². The van der Waals surface area contributed by atoms with Crippen LogP contribution in [0.15, 0.2) is 0 Å². The average Bonchev–Trinajstić information content (AvgIpc) is 2.12. The quantitative estimate of drug-likeness (QED) is 0.701. The summed E-state index contributed by atoms with van der Waals surface area (Å²) in [5.74, 6) is 0.576. The molecule has 3 heteroatoms. The van der Waals surface area contributed by atoms with Crippen LogP contribution in [-0.2, 0) is 0 Å². The summed E-state index contributed by atoms with van der Waals surface area (Å²) in [5.41, 5.74) is -0.659. The molecular weight excluding hydrogens is 190 g/mol. The molecular formula is C12H23NO2. The third-order valence-electron chi connectivity index (χ3n) is 4.40. The number of rotatable bonds is 1. The van der Waals surface area contributed by atoms with E-state index in [0.29, 0.717) is 12.3 Å². The molecule has 0 amide bonds. The maximum absolute atomic E-state index is 10.2. The zero-order valence-electron chi connectivity index (χ0n) is 10.0. The van der Waals surface area contributed by atoms with Crippen molar-refractivity contribution in [1.82, 2.24) is 5.06 Å². The van der Waals surface area contributed by atoms with Crippen molar-refractivity contribution in [3.63, 3.8) is 0 Å². The third-order valence-corrected chi connectivity index (χ3v) is 4.40. The summed E-state index contributed by atoms with van der Waals surface area (Å²) < 4.78 is 0. The molecule has 0 radical (unpaired) electrons. The molecule has 1 saturated carbocycles. The lowest BCUT2D eigenvalue weighted by Gasteiger charge is -2.54. The molecule has 0 aromatic rings. The summed E-state index contributed by atoms with van der Waals surface area (Å²) in [6.07, 6.45) is 4.62. The number of aliphatic hydroxyl groups is 1. The van der Waals surface area contributed by atoms with Gasteiger partial charge in [0.05, 0.1) is 5.60 Å². The van der Waals surface area contributed by atoms with Gasteiger partial charge < -0.3 is 10.3 Å². The highest BCUT2D eigenvalue weighted by Gasteiger charge is 2.48. The lowest BCUT2D eigenvalue weighted by atomic mass is 9.67. The Balaban J connectivity index is 2.19. The molecule has 2 rings (SSSR count). The van der Waals surface area contributed by atoms with E-state index in [1.54, 1.807) is 0 Å². The Morgan fingerprint density at radius 1 is 1.27 bits per heavy atom. The molecule has 2 fully saturated rings. The standard InChI is InChI=1S/C12H23NO2/c1-4-11(2)6-9-5-10(13(11)15)8-12(3,14)7-9/h9-10,14-15H,4-8H2,1-3H3. The van der Waals surface area contributed by atoms with Crippen LogP contribution in [0.1, 0.15) is 52.9 Å². The number of fused-ring (bicyclic) bond motifs is 2. The fraction of sp³-hybridized carbons (Fsp3) is 1.00. The smallest absolute Gasteiger partial charge is 0.0638 e. The molecule has 2 bridgehead atoms. The van der Waals surface area contributed by atoms with E-state index in [4.69, 9.17) is 0 Å². The zero-order chi connectivity index (χ0) is 11.3. The molecule has 4 unspecified atom stereocenters. The predicted molar refractivity (Wildman–Crippen MR) is 58.7 cm³/mol. The van der Waals surface area contributed by atoms with Gasteiger partial charge in [-0.1, -0.05) is 6.92 Å². The summed E-state index contributed by atoms with van der Waals surface area (Å²) in [6, 6.07) is 0.150. The number of hydroxylamine groups is 2. The monoisotopic (exact) mass is 213 g/mol. The second-order valence-corrected chi connectivity index (χ2v) is 6.06. The minimum Gasteiger partial charge on any atom is -0.390 e. The van der Waals surface area contributed by atoms with Crippen molar-refractivity contribution in [1.29, 1.82) is 0 Å². The van der Waals surface area contributed by atoms with Gasteiger partial charge >= 0.3 is 0 Å². The lowest BCUT2D eigenvalue weighted by Crippen LogP contribution is -2.60. The van der Waals surface area contributed by atoms with Crippen LogP contribution >= 0.6 is 0 Å². The summed E-state index contributed by atoms with van der Waals surface area (Å²) in [5, 5.41) is 21.8. The van der Waals surface area contributed by atoms with E-state index in [0.717, 1.165) is 25.7 Å². The van der Waals surface area contributed by atoms with E-state index in [1.807, 2.05) is 6.92 Å². The summed E-state index contributed by atoms with van der Waals surface area (Å²) in [4.78, 5) is 0. The van der Waals surface area contributed by atoms with Gasteiger partial charge in [0.1, 0.15) is 0 Å². The van der Waals surface area contributed by atoms with Crippen LogP contribution < -0.4 is 0 Å². The Kier molecular flexibility index (Phi) is 2.61. The molecule has 1 aliphatic heterocycles. The zero-order valence-corrected chi connectivity index (χ0v) is 10.0. The topological polar surface area (TPSA) is 43.7 Å². The highest BCUT2D eigenvalue weighted by Crippen LogP contribution is 2.46. The van der Waals surface area contributed by atoms with Gasteiger partial charge in [0.25, 0.3) is 0 Å². The molecule has 1 aliphatic carbocycles. The first-order chi connectivity index (χ1) is 6.86. The summed E-state index contributed by atoms with van der Waals surface area (Å²) >= 11 is 0. The fourth-order valence-electron chi connectivity index (χ4n) is 3.57. The minimum absolute atomic E-state index is 0.0793. The molecule has 88 valence electrons. The van der Waals surface area contributed by atoms with Crippen LogP contribution in [0.4, 0.5) is 0 Å². The second kappa shape index (κ2) is 3.44. The molecule has 2 aliphatic rings. The van der Waals surface area contributed by atoms with Crippen molar-refractivity contribution in [2.45, 2.75) is 70.1 Å². The molecule has 1 saturated heterocycles. The van der Waals surface area contributed by atoms with Crippen molar-refractivity contribution in [3.8, 4) is 0 Å². The van der Waals surface area contributed by atoms with Crippen LogP contribution in [0.2, 0.25) is 0 Å². The lowest BCUT2D eigenvalue weighted by molar-refractivity contribution is -0.251. The molecule has 1 heterocycles. The Labute approximate surface area is 92.0 Å². The van der Waals surface area contributed by atoms with Crippen LogP contribution in [0.5, 0.6) is 0 Å². The van der Waals surface area contributed by atoms with Gasteiger partial charge in [0.2, 0.25) is 0 Å². The highest BCUT2D eigenvalue weighted by molar-refractivity contribution is 5.00. The average molecular weight is 213 g/mol. The van der Waals surface area contributed by atoms with Crippen LogP contribution in [0.25, 0.3) is 0 Å². The van der Waals surface area contributed by atoms with Gasteiger partial charge in [-0.3, -0.25) is 0 Å². The minimum atomic E-state index is -0.580. The number of hydrogen-bond donors (Lipinski definition) is 2. The summed E-state index contributed by atoms with van der Waals surface area (Å²) in [7, 11) is 0. The fourth-order valence-corrected chi connectivity index (χ4v) is 3.57. The van der Waals surface area contributed by atoms with Gasteiger partial charge in [-0.25, -0.2) is 0 Å². The van der Waals surface area contributed by atoms with Crippen molar-refractivity contribution < 1.29 is 10.3 Å². The molecule has 15 heavy (non-hydrogen) atoms. The maximum atomic E-state index is 10.2. The predicted octanol–water partition coefficient (Wildman–Crippen LogP) is 2.17. The normalized spacial score (nSPS) is 51.8. The highest BCUT2D eigenvalue weighted by atomic mass is 16.5. The largest absolute Gasteiger partial charge is 0.390 e. The van der Waals surface area contributed by atoms with Crippen LogP contribution in [0, 0.1) is 5.92 Å².